The normalized spacial score (nSPS) is 18.7. The summed E-state index contributed by atoms with van der Waals surface area (Å²) < 4.78 is 0. The van der Waals surface area contributed by atoms with Crippen molar-refractivity contribution in [2.24, 2.45) is 0 Å². The van der Waals surface area contributed by atoms with Crippen molar-refractivity contribution in [3.05, 3.63) is 36.7 Å². The van der Waals surface area contributed by atoms with Gasteiger partial charge in [-0.25, -0.2) is 15.0 Å². The molecule has 1 saturated heterocycles. The van der Waals surface area contributed by atoms with Gasteiger partial charge in [-0.2, -0.15) is 0 Å². The quantitative estimate of drug-likeness (QED) is 0.858. The number of likely N-dealkylation sites (N-methyl/N-ethyl adjacent to an activating group) is 1. The first kappa shape index (κ1) is 13.4. The summed E-state index contributed by atoms with van der Waals surface area (Å²) >= 11 is 0. The van der Waals surface area contributed by atoms with Crippen LogP contribution in [0.3, 0.4) is 0 Å². The number of hydrogen-bond donors (Lipinski definition) is 0. The highest BCUT2D eigenvalue weighted by molar-refractivity contribution is 5.47. The first-order chi connectivity index (χ1) is 10.8. The Morgan fingerprint density at radius 1 is 1.14 bits per heavy atom. The maximum absolute atomic E-state index is 4.45. The Bertz CT molecular complexity index is 636. The van der Waals surface area contributed by atoms with Crippen LogP contribution in [0.5, 0.6) is 0 Å². The molecule has 114 valence electrons. The molecule has 6 heteroatoms. The van der Waals surface area contributed by atoms with Gasteiger partial charge in [-0.05, 0) is 12.8 Å². The van der Waals surface area contributed by atoms with Gasteiger partial charge >= 0.3 is 0 Å². The van der Waals surface area contributed by atoms with Crippen molar-refractivity contribution in [2.75, 3.05) is 29.9 Å². The fraction of sp³-hybridized carbons (Fsp3) is 0.500. The number of aromatic nitrogens is 4. The summed E-state index contributed by atoms with van der Waals surface area (Å²) in [5, 5.41) is 0. The molecular formula is C16H20N6. The first-order valence-electron chi connectivity index (χ1n) is 7.87. The van der Waals surface area contributed by atoms with E-state index in [0.717, 1.165) is 24.7 Å². The van der Waals surface area contributed by atoms with E-state index in [4.69, 9.17) is 0 Å². The van der Waals surface area contributed by atoms with Crippen molar-refractivity contribution in [3.63, 3.8) is 0 Å². The molecule has 1 saturated carbocycles. The maximum Gasteiger partial charge on any atom is 0.147 e. The molecule has 2 aliphatic rings. The molecule has 0 atom stereocenters. The molecule has 0 radical (unpaired) electrons. The average Bonchev–Trinajstić information content (AvgIpc) is 2.45. The van der Waals surface area contributed by atoms with Gasteiger partial charge < -0.3 is 9.80 Å². The molecule has 22 heavy (non-hydrogen) atoms. The van der Waals surface area contributed by atoms with E-state index in [1.807, 2.05) is 6.20 Å². The monoisotopic (exact) mass is 296 g/mol. The van der Waals surface area contributed by atoms with E-state index in [1.54, 1.807) is 18.7 Å². The predicted molar refractivity (Wildman–Crippen MR) is 85.1 cm³/mol. The lowest BCUT2D eigenvalue weighted by atomic mass is 9.83. The standard InChI is InChI=1S/C16H20N6/c1-21(13-9-22(10-13)16-8-17-5-6-18-16)15-7-14(19-11-20-15)12-3-2-4-12/h5-8,11-13H,2-4,9-10H2,1H3. The molecular weight excluding hydrogens is 276 g/mol. The summed E-state index contributed by atoms with van der Waals surface area (Å²) in [5.41, 5.74) is 1.20. The minimum atomic E-state index is 0.464. The number of rotatable bonds is 4. The van der Waals surface area contributed by atoms with Crippen LogP contribution in [-0.2, 0) is 0 Å². The van der Waals surface area contributed by atoms with Crippen molar-refractivity contribution >= 4 is 11.6 Å². The molecule has 2 fully saturated rings. The molecule has 0 unspecified atom stereocenters. The van der Waals surface area contributed by atoms with E-state index in [9.17, 15) is 0 Å². The van der Waals surface area contributed by atoms with Crippen LogP contribution in [0, 0.1) is 0 Å². The Kier molecular flexibility index (Phi) is 3.36. The van der Waals surface area contributed by atoms with Gasteiger partial charge in [0.05, 0.1) is 12.2 Å². The van der Waals surface area contributed by atoms with Crippen molar-refractivity contribution in [1.82, 2.24) is 19.9 Å². The fourth-order valence-corrected chi connectivity index (χ4v) is 3.01. The predicted octanol–water partition coefficient (Wildman–Crippen LogP) is 1.86. The van der Waals surface area contributed by atoms with E-state index in [-0.39, 0.29) is 0 Å². The second-order valence-corrected chi connectivity index (χ2v) is 6.16. The van der Waals surface area contributed by atoms with Crippen LogP contribution in [0.2, 0.25) is 0 Å². The zero-order valence-electron chi connectivity index (χ0n) is 12.8. The average molecular weight is 296 g/mol. The van der Waals surface area contributed by atoms with Gasteiger partial charge in [0.2, 0.25) is 0 Å². The number of hydrogen-bond acceptors (Lipinski definition) is 6. The maximum atomic E-state index is 4.45. The third kappa shape index (κ3) is 2.38. The van der Waals surface area contributed by atoms with Crippen molar-refractivity contribution in [1.29, 1.82) is 0 Å². The molecule has 2 aromatic rings. The van der Waals surface area contributed by atoms with Gasteiger partial charge in [0.1, 0.15) is 18.0 Å². The Labute approximate surface area is 130 Å². The van der Waals surface area contributed by atoms with Gasteiger partial charge in [-0.15, -0.1) is 0 Å². The summed E-state index contributed by atoms with van der Waals surface area (Å²) in [6.07, 6.45) is 10.8. The Morgan fingerprint density at radius 3 is 2.68 bits per heavy atom. The number of nitrogens with zero attached hydrogens (tertiary/aromatic N) is 6. The minimum Gasteiger partial charge on any atom is -0.353 e. The minimum absolute atomic E-state index is 0.464. The molecule has 3 heterocycles. The smallest absolute Gasteiger partial charge is 0.147 e. The fourth-order valence-electron chi connectivity index (χ4n) is 3.01. The van der Waals surface area contributed by atoms with Gasteiger partial charge in [-0.3, -0.25) is 4.98 Å². The Morgan fingerprint density at radius 2 is 2.00 bits per heavy atom. The molecule has 1 aliphatic carbocycles. The zero-order valence-corrected chi connectivity index (χ0v) is 12.8. The highest BCUT2D eigenvalue weighted by atomic mass is 15.3. The van der Waals surface area contributed by atoms with Crippen LogP contribution >= 0.6 is 0 Å². The highest BCUT2D eigenvalue weighted by Gasteiger charge is 2.32. The Balaban J connectivity index is 1.42. The summed E-state index contributed by atoms with van der Waals surface area (Å²) in [6.45, 7) is 1.91. The van der Waals surface area contributed by atoms with Crippen LogP contribution in [0.15, 0.2) is 31.0 Å². The molecule has 0 amide bonds. The third-order valence-electron chi connectivity index (χ3n) is 4.84. The SMILES string of the molecule is CN(c1cc(C2CCC2)ncn1)C1CN(c2cnccn2)C1. The molecule has 4 rings (SSSR count). The van der Waals surface area contributed by atoms with Gasteiger partial charge in [-0.1, -0.05) is 6.42 Å². The van der Waals surface area contributed by atoms with Crippen LogP contribution in [0.1, 0.15) is 30.9 Å². The first-order valence-corrected chi connectivity index (χ1v) is 7.87. The molecule has 0 spiro atoms. The van der Waals surface area contributed by atoms with E-state index in [2.05, 4.69) is 42.8 Å². The lowest BCUT2D eigenvalue weighted by molar-refractivity contribution is 0.410. The van der Waals surface area contributed by atoms with E-state index in [0.29, 0.717) is 12.0 Å². The number of anilines is 2. The Hall–Kier alpha value is -2.24. The summed E-state index contributed by atoms with van der Waals surface area (Å²) in [7, 11) is 2.12. The molecule has 0 N–H and O–H groups in total. The van der Waals surface area contributed by atoms with Crippen LogP contribution in [0.25, 0.3) is 0 Å². The molecule has 6 nitrogen and oxygen atoms in total. The second kappa shape index (κ2) is 5.51. The zero-order chi connectivity index (χ0) is 14.9. The van der Waals surface area contributed by atoms with Crippen LogP contribution in [-0.4, -0.2) is 46.1 Å². The van der Waals surface area contributed by atoms with Crippen LogP contribution < -0.4 is 9.80 Å². The van der Waals surface area contributed by atoms with E-state index in [1.165, 1.54) is 25.0 Å². The summed E-state index contributed by atoms with van der Waals surface area (Å²) in [6, 6.07) is 2.63. The van der Waals surface area contributed by atoms with Gasteiger partial charge in [0.25, 0.3) is 0 Å². The van der Waals surface area contributed by atoms with Crippen LogP contribution in [0.4, 0.5) is 11.6 Å². The lowest BCUT2D eigenvalue weighted by Gasteiger charge is -2.45. The van der Waals surface area contributed by atoms with Crippen molar-refractivity contribution in [3.8, 4) is 0 Å². The lowest BCUT2D eigenvalue weighted by Crippen LogP contribution is -2.59. The molecule has 0 aromatic carbocycles. The van der Waals surface area contributed by atoms with Crippen molar-refractivity contribution < 1.29 is 0 Å². The molecule has 2 aromatic heterocycles. The van der Waals surface area contributed by atoms with E-state index < -0.39 is 0 Å². The second-order valence-electron chi connectivity index (χ2n) is 6.16. The highest BCUT2D eigenvalue weighted by Crippen LogP contribution is 2.36. The van der Waals surface area contributed by atoms with Crippen molar-refractivity contribution in [2.45, 2.75) is 31.2 Å². The summed E-state index contributed by atoms with van der Waals surface area (Å²) in [4.78, 5) is 21.9. The van der Waals surface area contributed by atoms with E-state index >= 15 is 0 Å². The van der Waals surface area contributed by atoms with Gasteiger partial charge in [0, 0.05) is 50.2 Å². The third-order valence-corrected chi connectivity index (χ3v) is 4.84. The molecule has 0 bridgehead atoms. The topological polar surface area (TPSA) is 58.0 Å². The summed E-state index contributed by atoms with van der Waals surface area (Å²) in [5.74, 6) is 2.62. The molecule has 1 aliphatic heterocycles. The van der Waals surface area contributed by atoms with Gasteiger partial charge in [0.15, 0.2) is 0 Å². The largest absolute Gasteiger partial charge is 0.353 e.